The van der Waals surface area contributed by atoms with Crippen LogP contribution in [-0.4, -0.2) is 36.9 Å². The minimum absolute atomic E-state index is 0.0410. The molecule has 146 valence electrons. The minimum atomic E-state index is -0.557. The van der Waals surface area contributed by atoms with Crippen LogP contribution < -0.4 is 5.32 Å². The van der Waals surface area contributed by atoms with Crippen molar-refractivity contribution in [3.05, 3.63) is 60.2 Å². The molecular weight excluding hydrogens is 348 g/mol. The number of likely N-dealkylation sites (tertiary alicyclic amines) is 1. The van der Waals surface area contributed by atoms with E-state index in [2.05, 4.69) is 29.6 Å². The highest BCUT2D eigenvalue weighted by Crippen LogP contribution is 2.39. The smallest absolute Gasteiger partial charge is 0.228 e. The lowest BCUT2D eigenvalue weighted by molar-refractivity contribution is -0.138. The van der Waals surface area contributed by atoms with Gasteiger partial charge in [0.05, 0.1) is 5.41 Å². The number of hydrogen-bond donors (Lipinski definition) is 1. The molecule has 0 bridgehead atoms. The van der Waals surface area contributed by atoms with E-state index in [1.807, 2.05) is 35.2 Å². The van der Waals surface area contributed by atoms with Gasteiger partial charge in [0.2, 0.25) is 11.8 Å². The Morgan fingerprint density at radius 2 is 1.79 bits per heavy atom. The van der Waals surface area contributed by atoms with Crippen LogP contribution in [0.4, 0.5) is 0 Å². The molecule has 4 nitrogen and oxygen atoms in total. The van der Waals surface area contributed by atoms with Crippen molar-refractivity contribution < 1.29 is 9.59 Å². The molecule has 2 aromatic carbocycles. The summed E-state index contributed by atoms with van der Waals surface area (Å²) < 4.78 is 0. The molecule has 1 aliphatic heterocycles. The first-order chi connectivity index (χ1) is 13.6. The normalized spacial score (nSPS) is 22.0. The summed E-state index contributed by atoms with van der Waals surface area (Å²) in [4.78, 5) is 27.7. The largest absolute Gasteiger partial charge is 0.359 e. The van der Waals surface area contributed by atoms with Crippen LogP contribution >= 0.6 is 0 Å². The summed E-state index contributed by atoms with van der Waals surface area (Å²) in [5.74, 6) is 0.463. The Morgan fingerprint density at radius 3 is 2.46 bits per heavy atom. The summed E-state index contributed by atoms with van der Waals surface area (Å²) in [6.45, 7) is 1.20. The number of hydrogen-bond acceptors (Lipinski definition) is 2. The number of benzene rings is 2. The van der Waals surface area contributed by atoms with E-state index in [1.54, 1.807) is 7.05 Å². The lowest BCUT2D eigenvalue weighted by Gasteiger charge is -2.32. The summed E-state index contributed by atoms with van der Waals surface area (Å²) in [6, 6.07) is 18.6. The highest BCUT2D eigenvalue weighted by atomic mass is 16.2. The van der Waals surface area contributed by atoms with E-state index in [1.165, 1.54) is 0 Å². The van der Waals surface area contributed by atoms with Crippen LogP contribution in [0.1, 0.15) is 31.2 Å². The molecule has 0 radical (unpaired) electrons. The first-order valence-corrected chi connectivity index (χ1v) is 10.3. The van der Waals surface area contributed by atoms with Crippen LogP contribution in [0.5, 0.6) is 0 Å². The Kier molecular flexibility index (Phi) is 5.21. The third-order valence-electron chi connectivity index (χ3n) is 6.46. The van der Waals surface area contributed by atoms with Crippen molar-refractivity contribution in [2.24, 2.45) is 11.3 Å². The molecule has 1 aliphatic carbocycles. The van der Waals surface area contributed by atoms with Crippen molar-refractivity contribution in [3.8, 4) is 11.1 Å². The molecule has 2 aromatic rings. The summed E-state index contributed by atoms with van der Waals surface area (Å²) in [5, 5.41) is 2.87. The van der Waals surface area contributed by atoms with Gasteiger partial charge in [0.1, 0.15) is 0 Å². The second-order valence-corrected chi connectivity index (χ2v) is 8.20. The lowest BCUT2D eigenvalue weighted by Crippen LogP contribution is -2.45. The molecule has 0 aromatic heterocycles. The van der Waals surface area contributed by atoms with Gasteiger partial charge in [0.25, 0.3) is 0 Å². The van der Waals surface area contributed by atoms with E-state index in [4.69, 9.17) is 0 Å². The third-order valence-corrected chi connectivity index (χ3v) is 6.46. The zero-order chi connectivity index (χ0) is 19.6. The van der Waals surface area contributed by atoms with Gasteiger partial charge in [-0.1, -0.05) is 61.0 Å². The van der Waals surface area contributed by atoms with Gasteiger partial charge in [-0.25, -0.2) is 0 Å². The molecule has 1 saturated heterocycles. The molecule has 0 spiro atoms. The van der Waals surface area contributed by atoms with Crippen LogP contribution in [0.2, 0.25) is 0 Å². The molecular formula is C24H28N2O2. The fourth-order valence-corrected chi connectivity index (χ4v) is 4.59. The molecule has 1 saturated carbocycles. The summed E-state index contributed by atoms with van der Waals surface area (Å²) in [6.07, 6.45) is 4.51. The number of nitrogens with one attached hydrogen (secondary N) is 1. The lowest BCUT2D eigenvalue weighted by atomic mass is 9.78. The Bertz CT molecular complexity index is 860. The number of carbonyl (C=O) groups excluding carboxylic acids is 2. The van der Waals surface area contributed by atoms with Crippen LogP contribution in [0, 0.1) is 11.3 Å². The highest BCUT2D eigenvalue weighted by Gasteiger charge is 2.47. The molecule has 4 heteroatoms. The monoisotopic (exact) mass is 376 g/mol. The fraction of sp³-hybridized carbons (Fsp3) is 0.417. The van der Waals surface area contributed by atoms with Gasteiger partial charge < -0.3 is 10.2 Å². The van der Waals surface area contributed by atoms with Crippen LogP contribution in [0.25, 0.3) is 11.1 Å². The maximum atomic E-state index is 13.0. The van der Waals surface area contributed by atoms with E-state index < -0.39 is 5.41 Å². The highest BCUT2D eigenvalue weighted by molar-refractivity contribution is 5.86. The summed E-state index contributed by atoms with van der Waals surface area (Å²) >= 11 is 0. The van der Waals surface area contributed by atoms with Crippen LogP contribution in [-0.2, 0) is 16.0 Å². The molecule has 4 rings (SSSR count). The van der Waals surface area contributed by atoms with Gasteiger partial charge in [-0.05, 0) is 42.4 Å². The van der Waals surface area contributed by atoms with Gasteiger partial charge in [-0.15, -0.1) is 0 Å². The van der Waals surface area contributed by atoms with Gasteiger partial charge in [0.15, 0.2) is 0 Å². The quantitative estimate of drug-likeness (QED) is 0.866. The Balaban J connectivity index is 1.62. The van der Waals surface area contributed by atoms with E-state index in [0.717, 1.165) is 36.0 Å². The zero-order valence-electron chi connectivity index (χ0n) is 16.5. The van der Waals surface area contributed by atoms with Crippen molar-refractivity contribution in [1.29, 1.82) is 0 Å². The number of nitrogens with zero attached hydrogens (tertiary/aromatic N) is 1. The van der Waals surface area contributed by atoms with Gasteiger partial charge in [-0.2, -0.15) is 0 Å². The Hall–Kier alpha value is -2.62. The summed E-state index contributed by atoms with van der Waals surface area (Å²) in [7, 11) is 1.70. The maximum Gasteiger partial charge on any atom is 0.228 e. The number of rotatable bonds is 5. The van der Waals surface area contributed by atoms with Crippen molar-refractivity contribution in [2.75, 3.05) is 20.1 Å². The molecule has 2 amide bonds. The first kappa shape index (κ1) is 18.7. The van der Waals surface area contributed by atoms with E-state index in [-0.39, 0.29) is 17.7 Å². The van der Waals surface area contributed by atoms with Gasteiger partial charge in [0, 0.05) is 26.1 Å². The molecule has 2 fully saturated rings. The molecule has 1 atom stereocenters. The topological polar surface area (TPSA) is 49.4 Å². The van der Waals surface area contributed by atoms with E-state index in [9.17, 15) is 9.59 Å². The SMILES string of the molecule is CNC(=O)[C@@]1(Cc2ccccc2-c2ccccc2)CCN(C(=O)C2CCC2)C1. The fourth-order valence-electron chi connectivity index (χ4n) is 4.59. The molecule has 0 unspecified atom stereocenters. The third kappa shape index (κ3) is 3.44. The van der Waals surface area contributed by atoms with Crippen LogP contribution in [0.3, 0.4) is 0 Å². The van der Waals surface area contributed by atoms with Crippen molar-refractivity contribution >= 4 is 11.8 Å². The van der Waals surface area contributed by atoms with Gasteiger partial charge in [-0.3, -0.25) is 9.59 Å². The predicted octanol–water partition coefficient (Wildman–Crippen LogP) is 3.66. The summed E-state index contributed by atoms with van der Waals surface area (Å²) in [5.41, 5.74) is 2.93. The maximum absolute atomic E-state index is 13.0. The van der Waals surface area contributed by atoms with E-state index in [0.29, 0.717) is 25.9 Å². The average Bonchev–Trinajstić information content (AvgIpc) is 3.12. The minimum Gasteiger partial charge on any atom is -0.359 e. The van der Waals surface area contributed by atoms with Crippen molar-refractivity contribution in [3.63, 3.8) is 0 Å². The Labute approximate surface area is 166 Å². The average molecular weight is 377 g/mol. The second-order valence-electron chi connectivity index (χ2n) is 8.20. The van der Waals surface area contributed by atoms with Crippen molar-refractivity contribution in [2.45, 2.75) is 32.1 Å². The molecule has 2 aliphatic rings. The number of amides is 2. The molecule has 1 N–H and O–H groups in total. The zero-order valence-corrected chi connectivity index (χ0v) is 16.5. The van der Waals surface area contributed by atoms with Crippen molar-refractivity contribution in [1.82, 2.24) is 10.2 Å². The number of carbonyl (C=O) groups is 2. The first-order valence-electron chi connectivity index (χ1n) is 10.3. The molecule has 28 heavy (non-hydrogen) atoms. The molecule has 1 heterocycles. The Morgan fingerprint density at radius 1 is 1.07 bits per heavy atom. The van der Waals surface area contributed by atoms with E-state index >= 15 is 0 Å². The van der Waals surface area contributed by atoms with Gasteiger partial charge >= 0.3 is 0 Å². The van der Waals surface area contributed by atoms with Crippen LogP contribution in [0.15, 0.2) is 54.6 Å². The predicted molar refractivity (Wildman–Crippen MR) is 111 cm³/mol. The second kappa shape index (κ2) is 7.78. The standard InChI is InChI=1S/C24H28N2O2/c1-25-23(28)24(14-15-26(17-24)22(27)19-11-7-12-19)16-20-10-5-6-13-21(20)18-8-3-2-4-9-18/h2-6,8-10,13,19H,7,11-12,14-17H2,1H3,(H,25,28)/t24-/m1/s1.